The van der Waals surface area contributed by atoms with Crippen LogP contribution < -0.4 is 9.86 Å². The van der Waals surface area contributed by atoms with Crippen molar-refractivity contribution in [3.63, 3.8) is 0 Å². The monoisotopic (exact) mass is 234 g/mol. The molecule has 14 heavy (non-hydrogen) atoms. The standard InChI is InChI=1S/C8H14N2O2S2/c1-7(6-10-14(9,11)12)5-8-3-2-4-13-8/h2-4,7,10H,5-6H2,1H3,(H2,9,11,12)/t7-/m1/s1. The molecule has 0 amide bonds. The zero-order valence-electron chi connectivity index (χ0n) is 7.93. The molecule has 0 aliphatic carbocycles. The van der Waals surface area contributed by atoms with Crippen molar-refractivity contribution in [3.8, 4) is 0 Å². The molecule has 6 heteroatoms. The molecule has 1 heterocycles. The molecule has 80 valence electrons. The van der Waals surface area contributed by atoms with Crippen LogP contribution in [-0.4, -0.2) is 15.0 Å². The van der Waals surface area contributed by atoms with E-state index in [0.29, 0.717) is 6.54 Å². The Morgan fingerprint density at radius 3 is 2.86 bits per heavy atom. The van der Waals surface area contributed by atoms with Gasteiger partial charge in [-0.1, -0.05) is 13.0 Å². The molecular weight excluding hydrogens is 220 g/mol. The van der Waals surface area contributed by atoms with Gasteiger partial charge in [0.25, 0.3) is 10.2 Å². The summed E-state index contributed by atoms with van der Waals surface area (Å²) in [5.41, 5.74) is 0. The van der Waals surface area contributed by atoms with E-state index in [4.69, 9.17) is 5.14 Å². The second kappa shape index (κ2) is 4.88. The quantitative estimate of drug-likeness (QED) is 0.788. The number of nitrogens with one attached hydrogen (secondary N) is 1. The third-order valence-corrected chi connectivity index (χ3v) is 3.23. The highest BCUT2D eigenvalue weighted by Gasteiger charge is 2.07. The smallest absolute Gasteiger partial charge is 0.216 e. The fourth-order valence-corrected chi connectivity index (χ4v) is 2.49. The van der Waals surface area contributed by atoms with E-state index in [-0.39, 0.29) is 5.92 Å². The minimum atomic E-state index is -3.54. The highest BCUT2D eigenvalue weighted by Crippen LogP contribution is 2.13. The van der Waals surface area contributed by atoms with Crippen LogP contribution in [0.2, 0.25) is 0 Å². The lowest BCUT2D eigenvalue weighted by molar-refractivity contribution is 0.540. The minimum Gasteiger partial charge on any atom is -0.216 e. The molecule has 0 saturated carbocycles. The molecule has 1 aromatic heterocycles. The maximum atomic E-state index is 10.6. The fraction of sp³-hybridized carbons (Fsp3) is 0.500. The summed E-state index contributed by atoms with van der Waals surface area (Å²) in [4.78, 5) is 1.26. The van der Waals surface area contributed by atoms with Crippen LogP contribution in [0.4, 0.5) is 0 Å². The van der Waals surface area contributed by atoms with Gasteiger partial charge in [-0.05, 0) is 23.8 Å². The van der Waals surface area contributed by atoms with Crippen LogP contribution in [0.25, 0.3) is 0 Å². The Hall–Kier alpha value is -0.430. The summed E-state index contributed by atoms with van der Waals surface area (Å²) in [7, 11) is -3.54. The van der Waals surface area contributed by atoms with E-state index in [9.17, 15) is 8.42 Å². The molecule has 0 spiro atoms. The number of hydrogen-bond acceptors (Lipinski definition) is 3. The molecule has 0 aliphatic rings. The number of nitrogens with two attached hydrogens (primary N) is 1. The molecule has 1 rings (SSSR count). The van der Waals surface area contributed by atoms with E-state index in [1.54, 1.807) is 11.3 Å². The van der Waals surface area contributed by atoms with Crippen molar-refractivity contribution >= 4 is 21.5 Å². The summed E-state index contributed by atoms with van der Waals surface area (Å²) >= 11 is 1.68. The molecule has 0 fully saturated rings. The van der Waals surface area contributed by atoms with Crippen molar-refractivity contribution in [1.82, 2.24) is 4.72 Å². The van der Waals surface area contributed by atoms with Gasteiger partial charge in [-0.2, -0.15) is 8.42 Å². The Morgan fingerprint density at radius 2 is 2.36 bits per heavy atom. The Balaban J connectivity index is 2.33. The third-order valence-electron chi connectivity index (χ3n) is 1.76. The summed E-state index contributed by atoms with van der Waals surface area (Å²) in [6.07, 6.45) is 0.875. The molecule has 0 bridgehead atoms. The van der Waals surface area contributed by atoms with Crippen molar-refractivity contribution in [3.05, 3.63) is 22.4 Å². The number of hydrogen-bond donors (Lipinski definition) is 2. The van der Waals surface area contributed by atoms with Crippen LogP contribution in [0.15, 0.2) is 17.5 Å². The summed E-state index contributed by atoms with van der Waals surface area (Å²) in [5.74, 6) is 0.256. The van der Waals surface area contributed by atoms with Crippen LogP contribution >= 0.6 is 11.3 Å². The van der Waals surface area contributed by atoms with E-state index in [0.717, 1.165) is 6.42 Å². The molecule has 0 radical (unpaired) electrons. The van der Waals surface area contributed by atoms with Crippen LogP contribution in [-0.2, 0) is 16.6 Å². The zero-order valence-corrected chi connectivity index (χ0v) is 9.57. The van der Waals surface area contributed by atoms with Crippen molar-refractivity contribution in [2.24, 2.45) is 11.1 Å². The van der Waals surface area contributed by atoms with Crippen LogP contribution in [0.5, 0.6) is 0 Å². The Labute approximate surface area is 88.3 Å². The molecule has 1 aromatic rings. The molecular formula is C8H14N2O2S2. The van der Waals surface area contributed by atoms with Crippen LogP contribution in [0.1, 0.15) is 11.8 Å². The van der Waals surface area contributed by atoms with Gasteiger partial charge in [-0.25, -0.2) is 9.86 Å². The van der Waals surface area contributed by atoms with Gasteiger partial charge in [0, 0.05) is 11.4 Å². The van der Waals surface area contributed by atoms with Crippen molar-refractivity contribution in [1.29, 1.82) is 0 Å². The van der Waals surface area contributed by atoms with Gasteiger partial charge >= 0.3 is 0 Å². The average molecular weight is 234 g/mol. The van der Waals surface area contributed by atoms with Gasteiger partial charge in [-0.3, -0.25) is 0 Å². The first-order valence-corrected chi connectivity index (χ1v) is 6.70. The van der Waals surface area contributed by atoms with Gasteiger partial charge in [0.2, 0.25) is 0 Å². The van der Waals surface area contributed by atoms with Crippen LogP contribution in [0.3, 0.4) is 0 Å². The van der Waals surface area contributed by atoms with E-state index in [1.807, 2.05) is 24.4 Å². The molecule has 0 saturated heterocycles. The van der Waals surface area contributed by atoms with E-state index in [2.05, 4.69) is 4.72 Å². The maximum Gasteiger partial charge on any atom is 0.274 e. The van der Waals surface area contributed by atoms with E-state index >= 15 is 0 Å². The van der Waals surface area contributed by atoms with Gasteiger partial charge in [0.05, 0.1) is 0 Å². The van der Waals surface area contributed by atoms with Crippen molar-refractivity contribution in [2.45, 2.75) is 13.3 Å². The lowest BCUT2D eigenvalue weighted by Crippen LogP contribution is -2.34. The molecule has 0 aromatic carbocycles. The van der Waals surface area contributed by atoms with Crippen molar-refractivity contribution < 1.29 is 8.42 Å². The average Bonchev–Trinajstić information content (AvgIpc) is 2.52. The predicted octanol–water partition coefficient (Wildman–Crippen LogP) is 0.720. The van der Waals surface area contributed by atoms with Crippen molar-refractivity contribution in [2.75, 3.05) is 6.54 Å². The van der Waals surface area contributed by atoms with Gasteiger partial charge in [-0.15, -0.1) is 11.3 Å². The molecule has 3 N–H and O–H groups in total. The van der Waals surface area contributed by atoms with Gasteiger partial charge < -0.3 is 0 Å². The SMILES string of the molecule is C[C@@H](CNS(N)(=O)=O)Cc1cccs1. The topological polar surface area (TPSA) is 72.2 Å². The Kier molecular flexibility index (Phi) is 4.06. The highest BCUT2D eigenvalue weighted by molar-refractivity contribution is 7.87. The molecule has 0 unspecified atom stereocenters. The first-order chi connectivity index (χ1) is 6.47. The lowest BCUT2D eigenvalue weighted by atomic mass is 10.1. The Bertz CT molecular complexity index is 359. The van der Waals surface area contributed by atoms with Crippen LogP contribution in [0, 0.1) is 5.92 Å². The summed E-state index contributed by atoms with van der Waals surface area (Å²) < 4.78 is 23.5. The lowest BCUT2D eigenvalue weighted by Gasteiger charge is -2.09. The number of thiophene rings is 1. The fourth-order valence-electron chi connectivity index (χ4n) is 1.10. The number of rotatable bonds is 5. The van der Waals surface area contributed by atoms with Gasteiger partial charge in [0.1, 0.15) is 0 Å². The molecule has 1 atom stereocenters. The Morgan fingerprint density at radius 1 is 1.64 bits per heavy atom. The highest BCUT2D eigenvalue weighted by atomic mass is 32.2. The normalized spacial score (nSPS) is 14.1. The van der Waals surface area contributed by atoms with E-state index in [1.165, 1.54) is 4.88 Å². The maximum absolute atomic E-state index is 10.6. The first kappa shape index (κ1) is 11.6. The van der Waals surface area contributed by atoms with Gasteiger partial charge in [0.15, 0.2) is 0 Å². The molecule has 4 nitrogen and oxygen atoms in total. The third kappa shape index (κ3) is 4.71. The zero-order chi connectivity index (χ0) is 10.6. The second-order valence-electron chi connectivity index (χ2n) is 3.28. The minimum absolute atomic E-state index is 0.256. The largest absolute Gasteiger partial charge is 0.274 e. The molecule has 0 aliphatic heterocycles. The summed E-state index contributed by atoms with van der Waals surface area (Å²) in [6.45, 7) is 2.37. The predicted molar refractivity (Wildman–Crippen MR) is 58.3 cm³/mol. The first-order valence-electron chi connectivity index (χ1n) is 4.27. The summed E-state index contributed by atoms with van der Waals surface area (Å²) in [5, 5.41) is 6.83. The summed E-state index contributed by atoms with van der Waals surface area (Å²) in [6, 6.07) is 4.03. The second-order valence-corrected chi connectivity index (χ2v) is 5.69. The van der Waals surface area contributed by atoms with E-state index < -0.39 is 10.2 Å².